The van der Waals surface area contributed by atoms with E-state index in [0.29, 0.717) is 28.8 Å². The number of hydrogen-bond donors (Lipinski definition) is 0. The van der Waals surface area contributed by atoms with Gasteiger partial charge in [-0.1, -0.05) is 18.2 Å². The maximum Gasteiger partial charge on any atom is 0.339 e. The van der Waals surface area contributed by atoms with Crippen molar-refractivity contribution < 1.29 is 14.3 Å². The van der Waals surface area contributed by atoms with Gasteiger partial charge in [0.15, 0.2) is 12.3 Å². The van der Waals surface area contributed by atoms with Gasteiger partial charge in [0.25, 0.3) is 5.91 Å². The summed E-state index contributed by atoms with van der Waals surface area (Å²) in [5.41, 5.74) is 3.72. The number of benzene rings is 1. The van der Waals surface area contributed by atoms with E-state index < -0.39 is 5.97 Å². The van der Waals surface area contributed by atoms with Crippen LogP contribution in [0.3, 0.4) is 0 Å². The lowest BCUT2D eigenvalue weighted by atomic mass is 10.1. The number of esters is 1. The largest absolute Gasteiger partial charge is 0.452 e. The van der Waals surface area contributed by atoms with E-state index in [2.05, 4.69) is 5.10 Å². The molecule has 0 unspecified atom stereocenters. The van der Waals surface area contributed by atoms with Crippen molar-refractivity contribution in [3.8, 4) is 10.6 Å². The van der Waals surface area contributed by atoms with Crippen LogP contribution in [-0.4, -0.2) is 59.3 Å². The predicted octanol–water partition coefficient (Wildman–Crippen LogP) is 4.62. The number of thiophene rings is 1. The van der Waals surface area contributed by atoms with Crippen molar-refractivity contribution in [1.82, 2.24) is 19.7 Å². The average Bonchev–Trinajstić information content (AvgIpc) is 3.52. The smallest absolute Gasteiger partial charge is 0.339 e. The van der Waals surface area contributed by atoms with Gasteiger partial charge in [0.1, 0.15) is 0 Å². The minimum atomic E-state index is -0.574. The van der Waals surface area contributed by atoms with Crippen molar-refractivity contribution in [2.24, 2.45) is 0 Å². The fourth-order valence-electron chi connectivity index (χ4n) is 3.69. The molecular weight excluding hydrogens is 462 g/mol. The highest BCUT2D eigenvalue weighted by atomic mass is 32.1. The number of anilines is 1. The van der Waals surface area contributed by atoms with Crippen LogP contribution >= 0.6 is 11.3 Å². The summed E-state index contributed by atoms with van der Waals surface area (Å²) in [6.07, 6.45) is 1.63. The molecule has 3 heterocycles. The molecule has 0 aliphatic rings. The lowest BCUT2D eigenvalue weighted by molar-refractivity contribution is -0.133. The van der Waals surface area contributed by atoms with Gasteiger partial charge in [0.05, 0.1) is 27.7 Å². The van der Waals surface area contributed by atoms with Gasteiger partial charge in [-0.05, 0) is 49.1 Å². The van der Waals surface area contributed by atoms with Crippen LogP contribution in [0.25, 0.3) is 21.6 Å². The third kappa shape index (κ3) is 5.35. The summed E-state index contributed by atoms with van der Waals surface area (Å²) in [6.45, 7) is 4.09. The van der Waals surface area contributed by atoms with Crippen molar-refractivity contribution >= 4 is 39.9 Å². The summed E-state index contributed by atoms with van der Waals surface area (Å²) in [4.78, 5) is 35.0. The van der Waals surface area contributed by atoms with Gasteiger partial charge in [-0.25, -0.2) is 14.5 Å². The number of carbonyl (C=O) groups excluding carboxylic acids is 2. The monoisotopic (exact) mass is 491 g/mol. The maximum absolute atomic E-state index is 13.1. The fourth-order valence-corrected chi connectivity index (χ4v) is 4.38. The SMILES string of the molecule is CC(C)n1ncc2c(C(=O)OCC(=O)N(C)Cc3ccc(N(C)C)cc3)cc(-c3cccs3)nc21. The molecule has 0 fully saturated rings. The van der Waals surface area contributed by atoms with Crippen LogP contribution in [0.2, 0.25) is 0 Å². The van der Waals surface area contributed by atoms with Gasteiger partial charge >= 0.3 is 5.97 Å². The van der Waals surface area contributed by atoms with E-state index in [1.54, 1.807) is 28.9 Å². The maximum atomic E-state index is 13.1. The average molecular weight is 492 g/mol. The second-order valence-corrected chi connectivity index (χ2v) is 9.79. The van der Waals surface area contributed by atoms with Gasteiger partial charge in [-0.3, -0.25) is 4.79 Å². The van der Waals surface area contributed by atoms with Crippen molar-refractivity contribution in [2.45, 2.75) is 26.4 Å². The Morgan fingerprint density at radius 3 is 2.49 bits per heavy atom. The molecule has 0 aliphatic carbocycles. The first kappa shape index (κ1) is 24.4. The number of likely N-dealkylation sites (N-methyl/N-ethyl adjacent to an activating group) is 1. The molecule has 0 aliphatic heterocycles. The standard InChI is InChI=1S/C26H29N5O3S/c1-17(2)31-25-21(14-27-31)20(13-22(28-25)23-7-6-12-35-23)26(33)34-16-24(32)30(5)15-18-8-10-19(11-9-18)29(3)4/h6-14,17H,15-16H2,1-5H3. The number of fused-ring (bicyclic) bond motifs is 1. The van der Waals surface area contributed by atoms with Crippen molar-refractivity contribution in [3.63, 3.8) is 0 Å². The molecule has 4 aromatic rings. The molecule has 0 atom stereocenters. The summed E-state index contributed by atoms with van der Waals surface area (Å²) in [6, 6.07) is 13.7. The van der Waals surface area contributed by atoms with Crippen molar-refractivity contribution in [2.75, 3.05) is 32.6 Å². The molecule has 8 nitrogen and oxygen atoms in total. The number of ether oxygens (including phenoxy) is 1. The molecule has 0 spiro atoms. The van der Waals surface area contributed by atoms with Crippen LogP contribution in [0.1, 0.15) is 35.8 Å². The Labute approximate surface area is 208 Å². The normalized spacial score (nSPS) is 11.1. The number of aromatic nitrogens is 3. The molecule has 3 aromatic heterocycles. The Kier molecular flexibility index (Phi) is 7.16. The van der Waals surface area contributed by atoms with Crippen molar-refractivity contribution in [1.29, 1.82) is 0 Å². The van der Waals surface area contributed by atoms with Crippen LogP contribution in [0.4, 0.5) is 5.69 Å². The highest BCUT2D eigenvalue weighted by molar-refractivity contribution is 7.13. The molecule has 1 aromatic carbocycles. The highest BCUT2D eigenvalue weighted by Gasteiger charge is 2.21. The Bertz CT molecular complexity index is 1330. The van der Waals surface area contributed by atoms with Crippen LogP contribution in [0.5, 0.6) is 0 Å². The third-order valence-electron chi connectivity index (χ3n) is 5.67. The predicted molar refractivity (Wildman–Crippen MR) is 139 cm³/mol. The minimum Gasteiger partial charge on any atom is -0.452 e. The van der Waals surface area contributed by atoms with E-state index in [-0.39, 0.29) is 18.6 Å². The number of carbonyl (C=O) groups is 2. The number of rotatable bonds is 8. The van der Waals surface area contributed by atoms with Crippen LogP contribution in [0, 0.1) is 0 Å². The molecular formula is C26H29N5O3S. The fraction of sp³-hybridized carbons (Fsp3) is 0.308. The first-order valence-electron chi connectivity index (χ1n) is 11.3. The van der Waals surface area contributed by atoms with Crippen molar-refractivity contribution in [3.05, 3.63) is 65.2 Å². The molecule has 1 amide bonds. The summed E-state index contributed by atoms with van der Waals surface area (Å²) in [7, 11) is 5.65. The Balaban J connectivity index is 1.49. The molecule has 35 heavy (non-hydrogen) atoms. The van der Waals surface area contributed by atoms with Crippen LogP contribution in [-0.2, 0) is 16.1 Å². The topological polar surface area (TPSA) is 80.6 Å². The second kappa shape index (κ2) is 10.3. The zero-order valence-electron chi connectivity index (χ0n) is 20.6. The second-order valence-electron chi connectivity index (χ2n) is 8.84. The van der Waals surface area contributed by atoms with Crippen LogP contribution < -0.4 is 4.90 Å². The zero-order valence-corrected chi connectivity index (χ0v) is 21.4. The molecule has 0 saturated heterocycles. The highest BCUT2D eigenvalue weighted by Crippen LogP contribution is 2.29. The van der Waals surface area contributed by atoms with E-state index in [9.17, 15) is 9.59 Å². The van der Waals surface area contributed by atoms with E-state index in [4.69, 9.17) is 9.72 Å². The summed E-state index contributed by atoms with van der Waals surface area (Å²) in [5.74, 6) is -0.854. The summed E-state index contributed by atoms with van der Waals surface area (Å²) in [5, 5.41) is 6.98. The first-order valence-corrected chi connectivity index (χ1v) is 12.2. The Morgan fingerprint density at radius 1 is 1.11 bits per heavy atom. The zero-order chi connectivity index (χ0) is 25.1. The van der Waals surface area contributed by atoms with Gasteiger partial charge < -0.3 is 14.5 Å². The lowest BCUT2D eigenvalue weighted by Crippen LogP contribution is -2.30. The van der Waals surface area contributed by atoms with Gasteiger partial charge in [0, 0.05) is 39.4 Å². The number of hydrogen-bond acceptors (Lipinski definition) is 7. The number of amides is 1. The Morgan fingerprint density at radius 2 is 1.86 bits per heavy atom. The van der Waals surface area contributed by atoms with E-state index >= 15 is 0 Å². The molecule has 0 N–H and O–H groups in total. The molecule has 9 heteroatoms. The van der Waals surface area contributed by atoms with E-state index in [0.717, 1.165) is 16.1 Å². The first-order chi connectivity index (χ1) is 16.7. The summed E-state index contributed by atoms with van der Waals surface area (Å²) < 4.78 is 7.23. The quantitative estimate of drug-likeness (QED) is 0.335. The van der Waals surface area contributed by atoms with Gasteiger partial charge in [-0.15, -0.1) is 11.3 Å². The number of pyridine rings is 1. The van der Waals surface area contributed by atoms with Gasteiger partial charge in [-0.2, -0.15) is 5.10 Å². The van der Waals surface area contributed by atoms with E-state index in [1.807, 2.05) is 74.6 Å². The van der Waals surface area contributed by atoms with Gasteiger partial charge in [0.2, 0.25) is 0 Å². The minimum absolute atomic E-state index is 0.0736. The number of nitrogens with zero attached hydrogens (tertiary/aromatic N) is 5. The molecule has 0 bridgehead atoms. The van der Waals surface area contributed by atoms with Crippen LogP contribution in [0.15, 0.2) is 54.0 Å². The molecule has 4 rings (SSSR count). The molecule has 182 valence electrons. The summed E-state index contributed by atoms with van der Waals surface area (Å²) >= 11 is 1.54. The third-order valence-corrected chi connectivity index (χ3v) is 6.57. The molecule has 0 radical (unpaired) electrons. The lowest BCUT2D eigenvalue weighted by Gasteiger charge is -2.18. The van der Waals surface area contributed by atoms with E-state index in [1.165, 1.54) is 11.3 Å². The Hall–Kier alpha value is -3.72. The molecule has 0 saturated carbocycles.